The van der Waals surface area contributed by atoms with E-state index in [4.69, 9.17) is 5.73 Å². The number of nitrogens with zero attached hydrogens (tertiary/aromatic N) is 2. The number of piperidine rings is 1. The van der Waals surface area contributed by atoms with Gasteiger partial charge in [0.25, 0.3) is 0 Å². The van der Waals surface area contributed by atoms with Crippen LogP contribution in [-0.2, 0) is 4.79 Å². The van der Waals surface area contributed by atoms with Crippen molar-refractivity contribution in [1.82, 2.24) is 9.80 Å². The third-order valence-corrected chi connectivity index (χ3v) is 3.64. The summed E-state index contributed by atoms with van der Waals surface area (Å²) in [5.41, 5.74) is 5.42. The van der Waals surface area contributed by atoms with Gasteiger partial charge < -0.3 is 15.5 Å². The molecule has 0 unspecified atom stereocenters. The van der Waals surface area contributed by atoms with Crippen LogP contribution in [0.25, 0.3) is 0 Å². The Balaban J connectivity index is 2.19. The second kappa shape index (κ2) is 7.67. The van der Waals surface area contributed by atoms with Crippen molar-refractivity contribution < 1.29 is 4.79 Å². The molecule has 1 aliphatic rings. The molecule has 1 saturated heterocycles. The zero-order valence-electron chi connectivity index (χ0n) is 11.3. The Kier molecular flexibility index (Phi) is 6.52. The third-order valence-electron chi connectivity index (χ3n) is 3.64. The number of likely N-dealkylation sites (tertiary alicyclic amines) is 1. The van der Waals surface area contributed by atoms with Gasteiger partial charge in [-0.15, -0.1) is 0 Å². The van der Waals surface area contributed by atoms with Crippen LogP contribution in [0.2, 0.25) is 0 Å². The number of amides is 1. The number of carbonyl (C=O) groups is 1. The number of hydrogen-bond donors (Lipinski definition) is 1. The minimum Gasteiger partial charge on any atom is -0.345 e. The van der Waals surface area contributed by atoms with Gasteiger partial charge in [0.15, 0.2) is 0 Å². The van der Waals surface area contributed by atoms with Crippen molar-refractivity contribution in [2.24, 2.45) is 11.7 Å². The first-order valence-electron chi connectivity index (χ1n) is 6.76. The molecule has 17 heavy (non-hydrogen) atoms. The van der Waals surface area contributed by atoms with Gasteiger partial charge in [0.05, 0.1) is 0 Å². The summed E-state index contributed by atoms with van der Waals surface area (Å²) in [6.07, 6.45) is 4.97. The molecular formula is C13H27N3O. The van der Waals surface area contributed by atoms with Crippen LogP contribution in [0.5, 0.6) is 0 Å². The van der Waals surface area contributed by atoms with Crippen molar-refractivity contribution in [3.63, 3.8) is 0 Å². The van der Waals surface area contributed by atoms with Crippen LogP contribution in [0.1, 0.15) is 32.1 Å². The second-order valence-corrected chi connectivity index (χ2v) is 5.27. The molecule has 0 radical (unpaired) electrons. The van der Waals surface area contributed by atoms with E-state index in [1.807, 2.05) is 11.9 Å². The highest BCUT2D eigenvalue weighted by Crippen LogP contribution is 2.17. The van der Waals surface area contributed by atoms with Crippen LogP contribution >= 0.6 is 0 Å². The van der Waals surface area contributed by atoms with Gasteiger partial charge >= 0.3 is 0 Å². The largest absolute Gasteiger partial charge is 0.345 e. The summed E-state index contributed by atoms with van der Waals surface area (Å²) in [4.78, 5) is 16.1. The van der Waals surface area contributed by atoms with Crippen molar-refractivity contribution in [3.05, 3.63) is 0 Å². The molecule has 100 valence electrons. The molecule has 0 aromatic heterocycles. The van der Waals surface area contributed by atoms with E-state index in [0.29, 0.717) is 18.9 Å². The molecular weight excluding hydrogens is 214 g/mol. The summed E-state index contributed by atoms with van der Waals surface area (Å²) in [6.45, 7) is 3.95. The molecule has 2 N–H and O–H groups in total. The summed E-state index contributed by atoms with van der Waals surface area (Å²) in [7, 11) is 4.10. The predicted molar refractivity (Wildman–Crippen MR) is 70.8 cm³/mol. The fourth-order valence-corrected chi connectivity index (χ4v) is 2.35. The Hall–Kier alpha value is -0.610. The molecule has 4 heteroatoms. The molecule has 1 fully saturated rings. The van der Waals surface area contributed by atoms with E-state index in [-0.39, 0.29) is 5.91 Å². The Morgan fingerprint density at radius 2 is 2.00 bits per heavy atom. The quantitative estimate of drug-likeness (QED) is 0.703. The summed E-state index contributed by atoms with van der Waals surface area (Å²) >= 11 is 0. The van der Waals surface area contributed by atoms with Crippen LogP contribution in [0.3, 0.4) is 0 Å². The maximum atomic E-state index is 11.8. The summed E-state index contributed by atoms with van der Waals surface area (Å²) < 4.78 is 0. The first-order chi connectivity index (χ1) is 8.13. The van der Waals surface area contributed by atoms with Crippen LogP contribution in [0.4, 0.5) is 0 Å². The SMILES string of the molecule is CN1CCC(CN(C)C(=O)CCCCN)CC1. The van der Waals surface area contributed by atoms with E-state index in [1.165, 1.54) is 25.9 Å². The molecule has 1 rings (SSSR count). The van der Waals surface area contributed by atoms with E-state index in [2.05, 4.69) is 11.9 Å². The molecule has 0 atom stereocenters. The van der Waals surface area contributed by atoms with Gasteiger partial charge in [0.1, 0.15) is 0 Å². The zero-order valence-corrected chi connectivity index (χ0v) is 11.3. The Bertz CT molecular complexity index is 225. The lowest BCUT2D eigenvalue weighted by molar-refractivity contribution is -0.130. The van der Waals surface area contributed by atoms with Gasteiger partial charge in [0, 0.05) is 20.0 Å². The lowest BCUT2D eigenvalue weighted by Gasteiger charge is -2.31. The smallest absolute Gasteiger partial charge is 0.222 e. The Labute approximate surface area is 105 Å². The fraction of sp³-hybridized carbons (Fsp3) is 0.923. The first kappa shape index (κ1) is 14.5. The molecule has 0 spiro atoms. The molecule has 1 heterocycles. The van der Waals surface area contributed by atoms with Crippen molar-refractivity contribution in [3.8, 4) is 0 Å². The van der Waals surface area contributed by atoms with Crippen LogP contribution in [-0.4, -0.2) is 56.0 Å². The number of hydrogen-bond acceptors (Lipinski definition) is 3. The van der Waals surface area contributed by atoms with Crippen molar-refractivity contribution >= 4 is 5.91 Å². The van der Waals surface area contributed by atoms with Gasteiger partial charge in [-0.25, -0.2) is 0 Å². The van der Waals surface area contributed by atoms with Crippen molar-refractivity contribution in [2.45, 2.75) is 32.1 Å². The molecule has 0 bridgehead atoms. The van der Waals surface area contributed by atoms with Gasteiger partial charge in [-0.1, -0.05) is 0 Å². The molecule has 0 saturated carbocycles. The molecule has 1 amide bonds. The summed E-state index contributed by atoms with van der Waals surface area (Å²) in [5, 5.41) is 0. The maximum Gasteiger partial charge on any atom is 0.222 e. The molecule has 0 aromatic carbocycles. The number of unbranched alkanes of at least 4 members (excludes halogenated alkanes) is 1. The standard InChI is InChI=1S/C13H27N3O/c1-15-9-6-12(7-10-15)11-16(2)13(17)5-3-4-8-14/h12H,3-11,14H2,1-2H3. The van der Waals surface area contributed by atoms with Gasteiger partial charge in [-0.05, 0) is 58.3 Å². The number of nitrogens with two attached hydrogens (primary N) is 1. The van der Waals surface area contributed by atoms with Gasteiger partial charge in [-0.2, -0.15) is 0 Å². The maximum absolute atomic E-state index is 11.8. The number of carbonyl (C=O) groups excluding carboxylic acids is 1. The lowest BCUT2D eigenvalue weighted by atomic mass is 9.96. The third kappa shape index (κ3) is 5.50. The van der Waals surface area contributed by atoms with Crippen LogP contribution in [0.15, 0.2) is 0 Å². The fourth-order valence-electron chi connectivity index (χ4n) is 2.35. The Morgan fingerprint density at radius 1 is 1.35 bits per heavy atom. The highest BCUT2D eigenvalue weighted by atomic mass is 16.2. The Morgan fingerprint density at radius 3 is 2.59 bits per heavy atom. The minimum atomic E-state index is 0.275. The topological polar surface area (TPSA) is 49.6 Å². The highest BCUT2D eigenvalue weighted by molar-refractivity contribution is 5.75. The van der Waals surface area contributed by atoms with Crippen LogP contribution < -0.4 is 5.73 Å². The normalized spacial score (nSPS) is 18.3. The van der Waals surface area contributed by atoms with E-state index in [0.717, 1.165) is 19.4 Å². The van der Waals surface area contributed by atoms with E-state index >= 15 is 0 Å². The predicted octanol–water partition coefficient (Wildman–Crippen LogP) is 0.916. The van der Waals surface area contributed by atoms with Gasteiger partial charge in [-0.3, -0.25) is 4.79 Å². The first-order valence-corrected chi connectivity index (χ1v) is 6.76. The van der Waals surface area contributed by atoms with Crippen LogP contribution in [0, 0.1) is 5.92 Å². The highest BCUT2D eigenvalue weighted by Gasteiger charge is 2.19. The van der Waals surface area contributed by atoms with E-state index < -0.39 is 0 Å². The lowest BCUT2D eigenvalue weighted by Crippen LogP contribution is -2.37. The minimum absolute atomic E-state index is 0.275. The molecule has 1 aliphatic heterocycles. The van der Waals surface area contributed by atoms with E-state index in [9.17, 15) is 4.79 Å². The summed E-state index contributed by atoms with van der Waals surface area (Å²) in [6, 6.07) is 0. The van der Waals surface area contributed by atoms with Crippen molar-refractivity contribution in [2.75, 3.05) is 40.3 Å². The molecule has 4 nitrogen and oxygen atoms in total. The molecule has 0 aliphatic carbocycles. The average molecular weight is 241 g/mol. The average Bonchev–Trinajstić information content (AvgIpc) is 2.32. The monoisotopic (exact) mass is 241 g/mol. The van der Waals surface area contributed by atoms with Crippen molar-refractivity contribution in [1.29, 1.82) is 0 Å². The second-order valence-electron chi connectivity index (χ2n) is 5.27. The zero-order chi connectivity index (χ0) is 12.7. The molecule has 0 aromatic rings. The number of rotatable bonds is 6. The summed E-state index contributed by atoms with van der Waals surface area (Å²) in [5.74, 6) is 0.965. The van der Waals surface area contributed by atoms with Gasteiger partial charge in [0.2, 0.25) is 5.91 Å². The van der Waals surface area contributed by atoms with E-state index in [1.54, 1.807) is 0 Å².